The number of benzene rings is 1. The van der Waals surface area contributed by atoms with E-state index in [-0.39, 0.29) is 12.3 Å². The molecule has 2 heterocycles. The maximum Gasteiger partial charge on any atom is 0.444 e. The number of hydrogen-bond donors (Lipinski definition) is 2. The molecule has 5 nitrogen and oxygen atoms in total. The summed E-state index contributed by atoms with van der Waals surface area (Å²) in [6, 6.07) is 7.08. The normalized spacial score (nSPS) is 19.7. The summed E-state index contributed by atoms with van der Waals surface area (Å²) in [4.78, 5) is 17.3. The Labute approximate surface area is 197 Å². The number of nitrogens with one attached hydrogen (secondary N) is 1. The molecule has 0 bridgehead atoms. The van der Waals surface area contributed by atoms with Gasteiger partial charge in [-0.3, -0.25) is 9.78 Å². The van der Waals surface area contributed by atoms with Gasteiger partial charge >= 0.3 is 6.18 Å². The van der Waals surface area contributed by atoms with Crippen LogP contribution in [-0.2, 0) is 4.79 Å². The number of allylic oxidation sites excluding steroid dienone is 1. The quantitative estimate of drug-likeness (QED) is 0.359. The fraction of sp³-hybridized carbons (Fsp3) is 0.364. The summed E-state index contributed by atoms with van der Waals surface area (Å²) in [6.07, 6.45) is -2.24. The molecule has 1 aliphatic rings. The van der Waals surface area contributed by atoms with Gasteiger partial charge in [0.15, 0.2) is 5.72 Å². The highest BCUT2D eigenvalue weighted by Crippen LogP contribution is 2.41. The van der Waals surface area contributed by atoms with E-state index in [1.54, 1.807) is 31.3 Å². The van der Waals surface area contributed by atoms with Gasteiger partial charge in [-0.2, -0.15) is 13.2 Å². The van der Waals surface area contributed by atoms with Gasteiger partial charge in [-0.05, 0) is 49.4 Å². The van der Waals surface area contributed by atoms with Gasteiger partial charge in [-0.1, -0.05) is 18.5 Å². The summed E-state index contributed by atoms with van der Waals surface area (Å²) >= 11 is 6.56. The molecule has 1 atom stereocenters. The van der Waals surface area contributed by atoms with Crippen molar-refractivity contribution in [2.24, 2.45) is 0 Å². The molecule has 1 aliphatic heterocycles. The summed E-state index contributed by atoms with van der Waals surface area (Å²) in [5.41, 5.74) is -0.810. The molecule has 1 unspecified atom stereocenters. The molecular formula is C22H22ClF4N3O2S. The van der Waals surface area contributed by atoms with Crippen molar-refractivity contribution >= 4 is 45.9 Å². The molecule has 178 valence electrons. The molecule has 0 saturated carbocycles. The number of carbonyl (C=O) groups is 1. The second-order valence-electron chi connectivity index (χ2n) is 7.48. The zero-order valence-corrected chi connectivity index (χ0v) is 19.4. The Morgan fingerprint density at radius 1 is 1.33 bits per heavy atom. The molecule has 1 aromatic heterocycles. The van der Waals surface area contributed by atoms with Crippen LogP contribution >= 0.6 is 23.4 Å². The van der Waals surface area contributed by atoms with Gasteiger partial charge in [-0.25, -0.2) is 4.39 Å². The third-order valence-electron chi connectivity index (χ3n) is 5.00. The van der Waals surface area contributed by atoms with Crippen molar-refractivity contribution in [3.05, 3.63) is 57.9 Å². The van der Waals surface area contributed by atoms with Gasteiger partial charge in [0.1, 0.15) is 0 Å². The lowest BCUT2D eigenvalue weighted by atomic mass is 10.2. The van der Waals surface area contributed by atoms with E-state index in [4.69, 9.17) is 11.6 Å². The van der Waals surface area contributed by atoms with Crippen molar-refractivity contribution in [1.29, 1.82) is 0 Å². The highest BCUT2D eigenvalue weighted by molar-refractivity contribution is 8.03. The number of amides is 1. The monoisotopic (exact) mass is 503 g/mol. The number of anilines is 1. The van der Waals surface area contributed by atoms with Crippen LogP contribution < -0.4 is 5.32 Å². The first kappa shape index (κ1) is 25.3. The minimum absolute atomic E-state index is 0.0470. The number of fused-ring (bicyclic) bond motifs is 1. The third-order valence-corrected chi connectivity index (χ3v) is 6.21. The lowest BCUT2D eigenvalue weighted by molar-refractivity contribution is -0.139. The smallest absolute Gasteiger partial charge is 0.384 e. The zero-order valence-electron chi connectivity index (χ0n) is 17.8. The highest BCUT2D eigenvalue weighted by Gasteiger charge is 2.45. The Bertz CT molecular complexity index is 1120. The fourth-order valence-corrected chi connectivity index (χ4v) is 4.52. The fourth-order valence-electron chi connectivity index (χ4n) is 3.52. The Morgan fingerprint density at radius 3 is 2.73 bits per heavy atom. The number of hydrogen-bond acceptors (Lipinski definition) is 5. The molecule has 2 N–H and O–H groups in total. The van der Waals surface area contributed by atoms with Crippen molar-refractivity contribution < 1.29 is 27.5 Å². The van der Waals surface area contributed by atoms with Crippen molar-refractivity contribution in [3.8, 4) is 0 Å². The van der Waals surface area contributed by atoms with Gasteiger partial charge in [-0.15, -0.1) is 11.8 Å². The predicted molar refractivity (Wildman–Crippen MR) is 123 cm³/mol. The molecule has 3 rings (SSSR count). The number of alkyl halides is 3. The number of halogens is 5. The maximum atomic E-state index is 14.0. The molecular weight excluding hydrogens is 482 g/mol. The van der Waals surface area contributed by atoms with Gasteiger partial charge in [0, 0.05) is 35.4 Å². The van der Waals surface area contributed by atoms with Crippen molar-refractivity contribution in [3.63, 3.8) is 0 Å². The Kier molecular flexibility index (Phi) is 7.60. The summed E-state index contributed by atoms with van der Waals surface area (Å²) in [6.45, 7) is 3.28. The minimum Gasteiger partial charge on any atom is -0.384 e. The second-order valence-corrected chi connectivity index (χ2v) is 9.19. The summed E-state index contributed by atoms with van der Waals surface area (Å²) in [5, 5.41) is 15.3. The largest absolute Gasteiger partial charge is 0.444 e. The average molecular weight is 504 g/mol. The lowest BCUT2D eigenvalue weighted by Crippen LogP contribution is -2.45. The topological polar surface area (TPSA) is 65.5 Å². The van der Waals surface area contributed by atoms with Crippen LogP contribution in [0.1, 0.15) is 20.3 Å². The molecule has 1 amide bonds. The van der Waals surface area contributed by atoms with Gasteiger partial charge in [0.25, 0.3) is 5.91 Å². The number of aliphatic hydroxyl groups is 1. The Balaban J connectivity index is 1.70. The number of carbonyl (C=O) groups excluding carboxylic acids is 1. The molecule has 0 spiro atoms. The van der Waals surface area contributed by atoms with Gasteiger partial charge in [0.2, 0.25) is 5.83 Å². The van der Waals surface area contributed by atoms with E-state index in [9.17, 15) is 27.5 Å². The number of rotatable bonds is 8. The van der Waals surface area contributed by atoms with E-state index in [2.05, 4.69) is 10.3 Å². The number of nitrogens with zero attached hydrogens (tertiary/aromatic N) is 2. The van der Waals surface area contributed by atoms with Crippen LogP contribution in [0.2, 0.25) is 5.02 Å². The number of pyridine rings is 1. The average Bonchev–Trinajstić information content (AvgIpc) is 2.96. The lowest BCUT2D eigenvalue weighted by Gasteiger charge is -2.29. The van der Waals surface area contributed by atoms with E-state index in [0.717, 1.165) is 22.0 Å². The Morgan fingerprint density at radius 2 is 2.06 bits per heavy atom. The van der Waals surface area contributed by atoms with Gasteiger partial charge < -0.3 is 15.3 Å². The molecule has 0 saturated heterocycles. The van der Waals surface area contributed by atoms with Crippen molar-refractivity contribution in [2.45, 2.75) is 32.2 Å². The van der Waals surface area contributed by atoms with Crippen molar-refractivity contribution in [2.75, 3.05) is 24.2 Å². The first-order chi connectivity index (χ1) is 15.5. The predicted octanol–water partition coefficient (Wildman–Crippen LogP) is 5.66. The molecule has 1 aromatic carbocycles. The molecule has 0 radical (unpaired) electrons. The second kappa shape index (κ2) is 9.90. The van der Waals surface area contributed by atoms with Crippen LogP contribution in [0.15, 0.2) is 52.8 Å². The molecule has 2 aromatic rings. The third kappa shape index (κ3) is 5.62. The van der Waals surface area contributed by atoms with Crippen LogP contribution in [0.3, 0.4) is 0 Å². The standard InChI is InChI=1S/C22H22ClF4N3O2S/c1-3-33-18(19(24)22(25,26)27)15-12-21(2,32)30(20(15)31)10-4-8-28-16-7-9-29-17-11-13(23)5-6-14(16)17/h5-7,9,11-12,32H,3-4,8,10H2,1-2H3,(H,28,29)/b19-18+. The van der Waals surface area contributed by atoms with E-state index in [1.165, 1.54) is 6.92 Å². The molecule has 33 heavy (non-hydrogen) atoms. The summed E-state index contributed by atoms with van der Waals surface area (Å²) in [7, 11) is 0. The van der Waals surface area contributed by atoms with Crippen LogP contribution in [0.25, 0.3) is 10.9 Å². The van der Waals surface area contributed by atoms with Crippen LogP contribution in [0, 0.1) is 0 Å². The van der Waals surface area contributed by atoms with Crippen LogP contribution in [0.4, 0.5) is 23.2 Å². The SMILES string of the molecule is CCS/C(C1=CC(C)(O)N(CCCNc2ccnc3cc(Cl)ccc23)C1=O)=C(/F)C(F)(F)F. The van der Waals surface area contributed by atoms with E-state index >= 15 is 0 Å². The summed E-state index contributed by atoms with van der Waals surface area (Å²) in [5.74, 6) is -3.06. The first-order valence-corrected chi connectivity index (χ1v) is 11.5. The molecule has 0 aliphatic carbocycles. The van der Waals surface area contributed by atoms with E-state index in [1.807, 2.05) is 6.07 Å². The van der Waals surface area contributed by atoms with Crippen molar-refractivity contribution in [1.82, 2.24) is 9.88 Å². The highest BCUT2D eigenvalue weighted by atomic mass is 35.5. The van der Waals surface area contributed by atoms with Crippen LogP contribution in [0.5, 0.6) is 0 Å². The van der Waals surface area contributed by atoms with Gasteiger partial charge in [0.05, 0.1) is 16.0 Å². The minimum atomic E-state index is -5.22. The number of thioether (sulfide) groups is 1. The Hall–Kier alpha value is -2.30. The maximum absolute atomic E-state index is 14.0. The number of aromatic nitrogens is 1. The molecule has 0 fully saturated rings. The van der Waals surface area contributed by atoms with E-state index in [0.29, 0.717) is 35.3 Å². The van der Waals surface area contributed by atoms with Crippen LogP contribution in [-0.4, -0.2) is 51.6 Å². The first-order valence-electron chi connectivity index (χ1n) is 10.1. The summed E-state index contributed by atoms with van der Waals surface area (Å²) < 4.78 is 52.9. The molecule has 11 heteroatoms. The van der Waals surface area contributed by atoms with E-state index < -0.39 is 34.1 Å². The zero-order chi connectivity index (χ0) is 24.4.